The van der Waals surface area contributed by atoms with E-state index in [2.05, 4.69) is 32.1 Å². The van der Waals surface area contributed by atoms with Crippen molar-refractivity contribution >= 4 is 5.82 Å². The molecule has 0 radical (unpaired) electrons. The van der Waals surface area contributed by atoms with Crippen LogP contribution in [0.1, 0.15) is 0 Å². The minimum absolute atomic E-state index is 0.161. The maximum atomic E-state index is 11.3. The zero-order valence-electron chi connectivity index (χ0n) is 10.1. The van der Waals surface area contributed by atoms with Gasteiger partial charge in [-0.05, 0) is 7.05 Å². The fraction of sp³-hybridized carbons (Fsp3) is 0.636. The summed E-state index contributed by atoms with van der Waals surface area (Å²) in [6, 6.07) is 0. The van der Waals surface area contributed by atoms with Gasteiger partial charge in [-0.3, -0.25) is 9.69 Å². The number of anilines is 1. The van der Waals surface area contributed by atoms with Crippen molar-refractivity contribution in [3.63, 3.8) is 0 Å². The number of aromatic amines is 1. The molecular formula is C11H19N5O. The van der Waals surface area contributed by atoms with Crippen LogP contribution in [0.25, 0.3) is 0 Å². The molecule has 0 saturated carbocycles. The van der Waals surface area contributed by atoms with Gasteiger partial charge in [0.25, 0.3) is 5.56 Å². The Morgan fingerprint density at radius 1 is 1.41 bits per heavy atom. The average Bonchev–Trinajstić information content (AvgIpc) is 2.34. The molecule has 1 fully saturated rings. The Balaban J connectivity index is 1.73. The Bertz CT molecular complexity index is 397. The molecule has 1 aliphatic heterocycles. The molecule has 1 aromatic rings. The van der Waals surface area contributed by atoms with E-state index in [1.54, 1.807) is 6.20 Å². The highest BCUT2D eigenvalue weighted by Gasteiger charge is 2.12. The van der Waals surface area contributed by atoms with E-state index in [9.17, 15) is 4.79 Å². The predicted octanol–water partition coefficient (Wildman–Crippen LogP) is -0.571. The predicted molar refractivity (Wildman–Crippen MR) is 67.3 cm³/mol. The number of hydrogen-bond donors (Lipinski definition) is 2. The standard InChI is InChI=1S/C11H19N5O/c1-15-6-8-16(9-7-15)5-4-13-10-11(17)14-3-2-12-10/h2-3H,4-9H2,1H3,(H,12,13)(H,14,17). The first-order valence-corrected chi connectivity index (χ1v) is 5.94. The van der Waals surface area contributed by atoms with Gasteiger partial charge in [-0.1, -0.05) is 0 Å². The molecule has 94 valence electrons. The minimum Gasteiger partial charge on any atom is -0.364 e. The van der Waals surface area contributed by atoms with Crippen molar-refractivity contribution in [3.05, 3.63) is 22.7 Å². The minimum atomic E-state index is -0.161. The van der Waals surface area contributed by atoms with E-state index in [1.165, 1.54) is 6.20 Å². The van der Waals surface area contributed by atoms with Crippen LogP contribution < -0.4 is 10.9 Å². The van der Waals surface area contributed by atoms with E-state index >= 15 is 0 Å². The number of H-pyrrole nitrogens is 1. The summed E-state index contributed by atoms with van der Waals surface area (Å²) in [6.45, 7) is 6.12. The van der Waals surface area contributed by atoms with Crippen molar-refractivity contribution in [2.45, 2.75) is 0 Å². The quantitative estimate of drug-likeness (QED) is 0.734. The van der Waals surface area contributed by atoms with Gasteiger partial charge in [-0.2, -0.15) is 0 Å². The number of piperazine rings is 1. The number of likely N-dealkylation sites (N-methyl/N-ethyl adjacent to an activating group) is 1. The summed E-state index contributed by atoms with van der Waals surface area (Å²) in [5.74, 6) is 0.404. The van der Waals surface area contributed by atoms with Crippen molar-refractivity contribution in [1.29, 1.82) is 0 Å². The molecule has 0 atom stereocenters. The van der Waals surface area contributed by atoms with Crippen LogP contribution in [0, 0.1) is 0 Å². The molecule has 0 aromatic carbocycles. The maximum absolute atomic E-state index is 11.3. The monoisotopic (exact) mass is 237 g/mol. The topological polar surface area (TPSA) is 64.3 Å². The van der Waals surface area contributed by atoms with Crippen LogP contribution in [0.3, 0.4) is 0 Å². The molecule has 0 bridgehead atoms. The molecule has 0 unspecified atom stereocenters. The smallest absolute Gasteiger partial charge is 0.290 e. The summed E-state index contributed by atoms with van der Waals surface area (Å²) in [5, 5.41) is 3.06. The third-order valence-electron chi connectivity index (χ3n) is 3.02. The van der Waals surface area contributed by atoms with Crippen LogP contribution in [0.5, 0.6) is 0 Å². The Morgan fingerprint density at radius 2 is 2.18 bits per heavy atom. The van der Waals surface area contributed by atoms with Crippen molar-refractivity contribution in [1.82, 2.24) is 19.8 Å². The van der Waals surface area contributed by atoms with Crippen molar-refractivity contribution in [2.75, 3.05) is 51.6 Å². The summed E-state index contributed by atoms with van der Waals surface area (Å²) in [6.07, 6.45) is 3.12. The molecule has 1 aromatic heterocycles. The average molecular weight is 237 g/mol. The van der Waals surface area contributed by atoms with Gasteiger partial charge < -0.3 is 15.2 Å². The zero-order valence-corrected chi connectivity index (χ0v) is 10.1. The molecule has 2 heterocycles. The molecule has 2 rings (SSSR count). The van der Waals surface area contributed by atoms with E-state index in [0.29, 0.717) is 5.82 Å². The van der Waals surface area contributed by atoms with Crippen molar-refractivity contribution in [3.8, 4) is 0 Å². The van der Waals surface area contributed by atoms with Gasteiger partial charge in [0.1, 0.15) is 0 Å². The molecule has 6 nitrogen and oxygen atoms in total. The summed E-state index contributed by atoms with van der Waals surface area (Å²) in [5.41, 5.74) is -0.161. The molecule has 0 aliphatic carbocycles. The third kappa shape index (κ3) is 3.54. The summed E-state index contributed by atoms with van der Waals surface area (Å²) < 4.78 is 0. The first-order chi connectivity index (χ1) is 8.25. The lowest BCUT2D eigenvalue weighted by molar-refractivity contribution is 0.158. The Morgan fingerprint density at radius 3 is 2.88 bits per heavy atom. The van der Waals surface area contributed by atoms with Gasteiger partial charge in [-0.25, -0.2) is 4.98 Å². The SMILES string of the molecule is CN1CCN(CCNc2ncc[nH]c2=O)CC1. The van der Waals surface area contributed by atoms with E-state index in [4.69, 9.17) is 0 Å². The van der Waals surface area contributed by atoms with Crippen LogP contribution in [-0.2, 0) is 0 Å². The number of nitrogens with one attached hydrogen (secondary N) is 2. The first-order valence-electron chi connectivity index (χ1n) is 5.94. The molecule has 1 saturated heterocycles. The van der Waals surface area contributed by atoms with Crippen LogP contribution in [0.4, 0.5) is 5.82 Å². The van der Waals surface area contributed by atoms with Gasteiger partial charge in [0, 0.05) is 51.7 Å². The van der Waals surface area contributed by atoms with Gasteiger partial charge >= 0.3 is 0 Å². The molecule has 0 amide bonds. The molecule has 0 spiro atoms. The molecule has 2 N–H and O–H groups in total. The number of rotatable bonds is 4. The largest absolute Gasteiger partial charge is 0.364 e. The lowest BCUT2D eigenvalue weighted by atomic mass is 10.3. The highest BCUT2D eigenvalue weighted by Crippen LogP contribution is 1.98. The molecular weight excluding hydrogens is 218 g/mol. The van der Waals surface area contributed by atoms with Gasteiger partial charge in [0.15, 0.2) is 5.82 Å². The second kappa shape index (κ2) is 5.79. The third-order valence-corrected chi connectivity index (χ3v) is 3.02. The summed E-state index contributed by atoms with van der Waals surface area (Å²) in [4.78, 5) is 22.6. The highest BCUT2D eigenvalue weighted by molar-refractivity contribution is 5.29. The Kier molecular flexibility index (Phi) is 4.11. The number of nitrogens with zero attached hydrogens (tertiary/aromatic N) is 3. The van der Waals surface area contributed by atoms with Crippen LogP contribution in [0.15, 0.2) is 17.2 Å². The summed E-state index contributed by atoms with van der Waals surface area (Å²) >= 11 is 0. The Labute approximate surface area is 101 Å². The zero-order chi connectivity index (χ0) is 12.1. The molecule has 6 heteroatoms. The second-order valence-corrected chi connectivity index (χ2v) is 4.34. The van der Waals surface area contributed by atoms with Crippen molar-refractivity contribution < 1.29 is 0 Å². The number of hydrogen-bond acceptors (Lipinski definition) is 5. The van der Waals surface area contributed by atoms with Gasteiger partial charge in [0.05, 0.1) is 0 Å². The van der Waals surface area contributed by atoms with E-state index in [-0.39, 0.29) is 5.56 Å². The van der Waals surface area contributed by atoms with Crippen LogP contribution in [0.2, 0.25) is 0 Å². The Hall–Kier alpha value is -1.40. The maximum Gasteiger partial charge on any atom is 0.290 e. The number of aromatic nitrogens is 2. The highest BCUT2D eigenvalue weighted by atomic mass is 16.1. The lowest BCUT2D eigenvalue weighted by Gasteiger charge is -2.32. The van der Waals surface area contributed by atoms with Gasteiger partial charge in [0.2, 0.25) is 0 Å². The fourth-order valence-corrected chi connectivity index (χ4v) is 1.88. The lowest BCUT2D eigenvalue weighted by Crippen LogP contribution is -2.46. The van der Waals surface area contributed by atoms with Crippen LogP contribution in [-0.4, -0.2) is 66.1 Å². The van der Waals surface area contributed by atoms with Crippen molar-refractivity contribution in [2.24, 2.45) is 0 Å². The van der Waals surface area contributed by atoms with E-state index in [0.717, 1.165) is 39.3 Å². The normalized spacial score (nSPS) is 18.2. The fourth-order valence-electron chi connectivity index (χ4n) is 1.88. The van der Waals surface area contributed by atoms with E-state index in [1.807, 2.05) is 0 Å². The summed E-state index contributed by atoms with van der Waals surface area (Å²) in [7, 11) is 2.14. The van der Waals surface area contributed by atoms with Crippen LogP contribution >= 0.6 is 0 Å². The second-order valence-electron chi connectivity index (χ2n) is 4.34. The molecule has 17 heavy (non-hydrogen) atoms. The first kappa shape index (κ1) is 12.1. The van der Waals surface area contributed by atoms with Gasteiger partial charge in [-0.15, -0.1) is 0 Å². The van der Waals surface area contributed by atoms with E-state index < -0.39 is 0 Å². The molecule has 1 aliphatic rings.